The molecule has 3 aromatic rings. The number of alkyl halides is 3. The highest BCUT2D eigenvalue weighted by Crippen LogP contribution is 2.51. The molecule has 0 bridgehead atoms. The van der Waals surface area contributed by atoms with Crippen LogP contribution in [-0.4, -0.2) is 44.8 Å². The minimum atomic E-state index is -4.79. The fourth-order valence-electron chi connectivity index (χ4n) is 4.15. The van der Waals surface area contributed by atoms with E-state index in [0.29, 0.717) is 28.5 Å². The van der Waals surface area contributed by atoms with Gasteiger partial charge in [0.2, 0.25) is 0 Å². The Hall–Kier alpha value is -2.65. The Kier molecular flexibility index (Phi) is 4.14. The van der Waals surface area contributed by atoms with Crippen molar-refractivity contribution in [2.45, 2.75) is 37.6 Å². The smallest absolute Gasteiger partial charge is 0.376 e. The highest BCUT2D eigenvalue weighted by molar-refractivity contribution is 5.62. The zero-order valence-electron chi connectivity index (χ0n) is 16.4. The van der Waals surface area contributed by atoms with Crippen LogP contribution in [0.15, 0.2) is 42.7 Å². The second-order valence-corrected chi connectivity index (χ2v) is 8.46. The van der Waals surface area contributed by atoms with Crippen LogP contribution in [0, 0.1) is 5.41 Å². The fraction of sp³-hybridized carbons (Fsp3) is 0.429. The van der Waals surface area contributed by atoms with E-state index in [2.05, 4.69) is 20.6 Å². The van der Waals surface area contributed by atoms with Crippen LogP contribution in [0.25, 0.3) is 17.0 Å². The number of nitrogens with one attached hydrogen (secondary N) is 2. The average molecular weight is 417 g/mol. The summed E-state index contributed by atoms with van der Waals surface area (Å²) in [6, 6.07) is 8.57. The van der Waals surface area contributed by atoms with Crippen molar-refractivity contribution in [2.24, 2.45) is 5.41 Å². The van der Waals surface area contributed by atoms with Gasteiger partial charge in [-0.15, -0.1) is 0 Å². The fourth-order valence-corrected chi connectivity index (χ4v) is 4.15. The van der Waals surface area contributed by atoms with Crippen molar-refractivity contribution in [1.29, 1.82) is 0 Å². The molecule has 6 nitrogen and oxygen atoms in total. The van der Waals surface area contributed by atoms with E-state index in [0.717, 1.165) is 25.8 Å². The SMILES string of the molecule is C[C@](O)(c1ccc2ncc(-c3cccc(N[C@H]4CNCC45CC5)n3)n2c1)C(F)(F)F. The topological polar surface area (TPSA) is 74.5 Å². The molecule has 1 saturated heterocycles. The van der Waals surface area contributed by atoms with Crippen LogP contribution >= 0.6 is 0 Å². The van der Waals surface area contributed by atoms with Gasteiger partial charge in [-0.1, -0.05) is 12.1 Å². The lowest BCUT2D eigenvalue weighted by Gasteiger charge is -2.26. The normalized spacial score (nSPS) is 22.4. The van der Waals surface area contributed by atoms with E-state index in [1.807, 2.05) is 12.1 Å². The number of anilines is 1. The van der Waals surface area contributed by atoms with Crippen molar-refractivity contribution in [3.8, 4) is 11.4 Å². The second kappa shape index (κ2) is 6.42. The first kappa shape index (κ1) is 19.3. The van der Waals surface area contributed by atoms with E-state index in [-0.39, 0.29) is 5.56 Å². The van der Waals surface area contributed by atoms with Gasteiger partial charge in [-0.2, -0.15) is 13.2 Å². The number of rotatable bonds is 4. The average Bonchev–Trinajstić information content (AvgIpc) is 3.19. The minimum Gasteiger partial charge on any atom is -0.376 e. The lowest BCUT2D eigenvalue weighted by atomic mass is 9.97. The quantitative estimate of drug-likeness (QED) is 0.607. The summed E-state index contributed by atoms with van der Waals surface area (Å²) in [4.78, 5) is 8.95. The molecular weight excluding hydrogens is 395 g/mol. The minimum absolute atomic E-state index is 0.260. The highest BCUT2D eigenvalue weighted by atomic mass is 19.4. The molecule has 158 valence electrons. The molecule has 1 spiro atoms. The molecule has 2 atom stereocenters. The number of fused-ring (bicyclic) bond motifs is 1. The highest BCUT2D eigenvalue weighted by Gasteiger charge is 2.52. The van der Waals surface area contributed by atoms with E-state index < -0.39 is 11.8 Å². The van der Waals surface area contributed by atoms with E-state index in [1.165, 1.54) is 35.6 Å². The molecule has 0 unspecified atom stereocenters. The Bertz CT molecular complexity index is 1100. The monoisotopic (exact) mass is 417 g/mol. The van der Waals surface area contributed by atoms with Gasteiger partial charge < -0.3 is 15.7 Å². The number of hydrogen-bond donors (Lipinski definition) is 3. The number of aromatic nitrogens is 3. The van der Waals surface area contributed by atoms with Crippen LogP contribution in [0.5, 0.6) is 0 Å². The van der Waals surface area contributed by atoms with E-state index in [1.54, 1.807) is 12.3 Å². The molecule has 30 heavy (non-hydrogen) atoms. The van der Waals surface area contributed by atoms with Gasteiger partial charge in [0.15, 0.2) is 5.60 Å². The van der Waals surface area contributed by atoms with Gasteiger partial charge in [-0.3, -0.25) is 4.40 Å². The number of pyridine rings is 2. The van der Waals surface area contributed by atoms with Crippen molar-refractivity contribution < 1.29 is 18.3 Å². The summed E-state index contributed by atoms with van der Waals surface area (Å²) in [5.41, 5.74) is -1.29. The summed E-state index contributed by atoms with van der Waals surface area (Å²) in [5, 5.41) is 17.0. The van der Waals surface area contributed by atoms with Gasteiger partial charge >= 0.3 is 6.18 Å². The first-order valence-corrected chi connectivity index (χ1v) is 9.91. The molecule has 9 heteroatoms. The Balaban J connectivity index is 1.50. The summed E-state index contributed by atoms with van der Waals surface area (Å²) in [6.07, 6.45) is 0.455. The first-order chi connectivity index (χ1) is 14.2. The Morgan fingerprint density at radius 3 is 2.77 bits per heavy atom. The number of hydrogen-bond acceptors (Lipinski definition) is 5. The number of imidazole rings is 1. The lowest BCUT2D eigenvalue weighted by molar-refractivity contribution is -0.259. The zero-order valence-corrected chi connectivity index (χ0v) is 16.4. The van der Waals surface area contributed by atoms with Crippen LogP contribution in [0.4, 0.5) is 19.0 Å². The van der Waals surface area contributed by atoms with E-state index in [9.17, 15) is 18.3 Å². The molecule has 1 saturated carbocycles. The third kappa shape index (κ3) is 3.04. The predicted octanol–water partition coefficient (Wildman–Crippen LogP) is 3.33. The molecule has 3 aromatic heterocycles. The van der Waals surface area contributed by atoms with Gasteiger partial charge in [0.1, 0.15) is 11.5 Å². The van der Waals surface area contributed by atoms with E-state index in [4.69, 9.17) is 0 Å². The number of aliphatic hydroxyl groups is 1. The third-order valence-electron chi connectivity index (χ3n) is 6.41. The van der Waals surface area contributed by atoms with E-state index >= 15 is 0 Å². The van der Waals surface area contributed by atoms with Gasteiger partial charge in [-0.05, 0) is 38.0 Å². The van der Waals surface area contributed by atoms with Crippen molar-refractivity contribution >= 4 is 11.5 Å². The summed E-state index contributed by atoms with van der Waals surface area (Å²) in [7, 11) is 0. The summed E-state index contributed by atoms with van der Waals surface area (Å²) in [5.74, 6) is 0.723. The molecule has 1 aliphatic heterocycles. The maximum absolute atomic E-state index is 13.3. The van der Waals surface area contributed by atoms with Crippen molar-refractivity contribution in [2.75, 3.05) is 18.4 Å². The lowest BCUT2D eigenvalue weighted by Crippen LogP contribution is -2.39. The Labute approximate surface area is 171 Å². The predicted molar refractivity (Wildman–Crippen MR) is 106 cm³/mol. The summed E-state index contributed by atoms with van der Waals surface area (Å²) >= 11 is 0. The molecule has 2 aliphatic rings. The van der Waals surface area contributed by atoms with Gasteiger partial charge in [-0.25, -0.2) is 9.97 Å². The second-order valence-electron chi connectivity index (χ2n) is 8.46. The Morgan fingerprint density at radius 1 is 1.23 bits per heavy atom. The molecule has 3 N–H and O–H groups in total. The molecular formula is C21H22F3N5O. The molecule has 2 fully saturated rings. The first-order valence-electron chi connectivity index (χ1n) is 9.91. The molecule has 0 aromatic carbocycles. The van der Waals surface area contributed by atoms with Crippen LogP contribution in [0.3, 0.4) is 0 Å². The van der Waals surface area contributed by atoms with Crippen LogP contribution in [-0.2, 0) is 5.60 Å². The number of halogens is 3. The molecule has 4 heterocycles. The molecule has 5 rings (SSSR count). The van der Waals surface area contributed by atoms with Crippen LogP contribution < -0.4 is 10.6 Å². The molecule has 0 amide bonds. The van der Waals surface area contributed by atoms with Crippen LogP contribution in [0.2, 0.25) is 0 Å². The van der Waals surface area contributed by atoms with Crippen molar-refractivity contribution in [1.82, 2.24) is 19.7 Å². The third-order valence-corrected chi connectivity index (χ3v) is 6.41. The summed E-state index contributed by atoms with van der Waals surface area (Å²) < 4.78 is 41.4. The van der Waals surface area contributed by atoms with Gasteiger partial charge in [0.25, 0.3) is 0 Å². The largest absolute Gasteiger partial charge is 0.421 e. The van der Waals surface area contributed by atoms with Gasteiger partial charge in [0, 0.05) is 36.3 Å². The van der Waals surface area contributed by atoms with Crippen molar-refractivity contribution in [3.63, 3.8) is 0 Å². The van der Waals surface area contributed by atoms with Crippen LogP contribution in [0.1, 0.15) is 25.3 Å². The number of nitrogens with zero attached hydrogens (tertiary/aromatic N) is 3. The zero-order chi connectivity index (χ0) is 21.1. The van der Waals surface area contributed by atoms with Gasteiger partial charge in [0.05, 0.1) is 17.6 Å². The molecule has 0 radical (unpaired) electrons. The Morgan fingerprint density at radius 2 is 2.03 bits per heavy atom. The van der Waals surface area contributed by atoms with Crippen molar-refractivity contribution in [3.05, 3.63) is 48.3 Å². The maximum atomic E-state index is 13.3. The summed E-state index contributed by atoms with van der Waals surface area (Å²) in [6.45, 7) is 2.65. The standard InChI is InChI=1S/C21H22F3N5O/c1-19(30,21(22,23)24)13-5-6-18-26-9-15(29(18)11-13)14-3-2-4-17(27-14)28-16-10-25-12-20(16)7-8-20/h2-6,9,11,16,25,30H,7-8,10,12H2,1H3,(H,27,28)/t16-,19-/m0/s1. The maximum Gasteiger partial charge on any atom is 0.421 e. The molecule has 1 aliphatic carbocycles.